The minimum Gasteiger partial charge on any atom is -0.504 e. The minimum atomic E-state index is -0.672. The SMILES string of the molecule is CCOC(=O)C1=C(C)N=c2s/c(=C/c3cc(Br)cc(OCC)c3O)c(=O)n2[C@H]1c1ccccc1. The highest BCUT2D eigenvalue weighted by molar-refractivity contribution is 9.10. The number of phenols is 1. The van der Waals surface area contributed by atoms with Crippen LogP contribution in [0.5, 0.6) is 11.5 Å². The van der Waals surface area contributed by atoms with Crippen LogP contribution < -0.4 is 19.6 Å². The molecule has 34 heavy (non-hydrogen) atoms. The Morgan fingerprint density at radius 2 is 1.97 bits per heavy atom. The maximum atomic E-state index is 13.6. The number of ether oxygens (including phenoxy) is 2. The number of thiazole rings is 1. The van der Waals surface area contributed by atoms with E-state index in [0.717, 1.165) is 5.56 Å². The molecule has 0 radical (unpaired) electrons. The summed E-state index contributed by atoms with van der Waals surface area (Å²) in [6, 6.07) is 12.0. The van der Waals surface area contributed by atoms with Gasteiger partial charge in [-0.05, 0) is 44.5 Å². The van der Waals surface area contributed by atoms with Crippen LogP contribution in [0.4, 0.5) is 0 Å². The van der Waals surface area contributed by atoms with Crippen LogP contribution in [-0.4, -0.2) is 28.9 Å². The number of carbonyl (C=O) groups excluding carboxylic acids is 1. The van der Waals surface area contributed by atoms with Gasteiger partial charge in [-0.25, -0.2) is 9.79 Å². The average Bonchev–Trinajstić information content (AvgIpc) is 3.11. The van der Waals surface area contributed by atoms with Gasteiger partial charge >= 0.3 is 5.97 Å². The van der Waals surface area contributed by atoms with Crippen molar-refractivity contribution in [2.24, 2.45) is 4.99 Å². The third kappa shape index (κ3) is 4.45. The smallest absolute Gasteiger partial charge is 0.338 e. The number of benzene rings is 2. The van der Waals surface area contributed by atoms with E-state index in [1.54, 1.807) is 32.1 Å². The van der Waals surface area contributed by atoms with Gasteiger partial charge in [-0.1, -0.05) is 57.6 Å². The van der Waals surface area contributed by atoms with E-state index in [2.05, 4.69) is 20.9 Å². The molecule has 0 aliphatic carbocycles. The van der Waals surface area contributed by atoms with Crippen LogP contribution in [0.15, 0.2) is 68.0 Å². The number of allylic oxidation sites excluding steroid dienone is 1. The molecule has 176 valence electrons. The summed E-state index contributed by atoms with van der Waals surface area (Å²) >= 11 is 4.62. The second-order valence-corrected chi connectivity index (χ2v) is 9.41. The maximum absolute atomic E-state index is 13.6. The molecule has 0 saturated carbocycles. The first-order chi connectivity index (χ1) is 16.3. The van der Waals surface area contributed by atoms with Crippen molar-refractivity contribution in [3.05, 3.63) is 89.0 Å². The van der Waals surface area contributed by atoms with E-state index in [1.165, 1.54) is 15.9 Å². The summed E-state index contributed by atoms with van der Waals surface area (Å²) in [7, 11) is 0. The predicted octanol–water partition coefficient (Wildman–Crippen LogP) is 3.67. The third-order valence-corrected chi connectivity index (χ3v) is 6.73. The van der Waals surface area contributed by atoms with Crippen molar-refractivity contribution in [1.29, 1.82) is 0 Å². The number of fused-ring (bicyclic) bond motifs is 1. The number of aromatic nitrogens is 1. The quantitative estimate of drug-likeness (QED) is 0.480. The fraction of sp³-hybridized carbons (Fsp3) is 0.240. The lowest BCUT2D eigenvalue weighted by molar-refractivity contribution is -0.139. The third-order valence-electron chi connectivity index (χ3n) is 5.29. The minimum absolute atomic E-state index is 0.0566. The summed E-state index contributed by atoms with van der Waals surface area (Å²) in [6.07, 6.45) is 1.61. The highest BCUT2D eigenvalue weighted by atomic mass is 79.9. The molecule has 1 atom stereocenters. The lowest BCUT2D eigenvalue weighted by atomic mass is 9.96. The van der Waals surface area contributed by atoms with Gasteiger partial charge in [0, 0.05) is 10.0 Å². The zero-order chi connectivity index (χ0) is 24.4. The van der Waals surface area contributed by atoms with Crippen molar-refractivity contribution in [3.63, 3.8) is 0 Å². The Hall–Kier alpha value is -3.17. The number of phenolic OH excluding ortho intramolecular Hbond substituents is 1. The molecule has 9 heteroatoms. The molecule has 0 bridgehead atoms. The average molecular weight is 543 g/mol. The molecule has 0 amide bonds. The number of esters is 1. The van der Waals surface area contributed by atoms with Crippen molar-refractivity contribution in [2.45, 2.75) is 26.8 Å². The van der Waals surface area contributed by atoms with Crippen LogP contribution in [0.2, 0.25) is 0 Å². The summed E-state index contributed by atoms with van der Waals surface area (Å²) in [6.45, 7) is 5.91. The standard InChI is InChI=1S/C25H23BrN2O5S/c1-4-32-18-13-17(26)11-16(22(18)29)12-19-23(30)28-21(15-9-7-6-8-10-15)20(24(31)33-5-2)14(3)27-25(28)34-19/h6-13,21,29H,4-5H2,1-3H3/b19-12+/t21-/m0/s1. The Labute approximate surface area is 208 Å². The van der Waals surface area contributed by atoms with Crippen LogP contribution in [0, 0.1) is 0 Å². The zero-order valence-electron chi connectivity index (χ0n) is 18.9. The molecule has 7 nitrogen and oxygen atoms in total. The first-order valence-electron chi connectivity index (χ1n) is 10.8. The van der Waals surface area contributed by atoms with E-state index in [9.17, 15) is 14.7 Å². The van der Waals surface area contributed by atoms with Gasteiger partial charge in [-0.15, -0.1) is 0 Å². The van der Waals surface area contributed by atoms with Crippen LogP contribution in [0.25, 0.3) is 6.08 Å². The Bertz CT molecular complexity index is 1460. The van der Waals surface area contributed by atoms with Crippen molar-refractivity contribution >= 4 is 39.3 Å². The van der Waals surface area contributed by atoms with E-state index >= 15 is 0 Å². The predicted molar refractivity (Wildman–Crippen MR) is 134 cm³/mol. The van der Waals surface area contributed by atoms with Crippen molar-refractivity contribution < 1.29 is 19.4 Å². The van der Waals surface area contributed by atoms with Gasteiger partial charge in [0.1, 0.15) is 0 Å². The Kier molecular flexibility index (Phi) is 7.04. The molecule has 1 aliphatic heterocycles. The van der Waals surface area contributed by atoms with Crippen molar-refractivity contribution in [2.75, 3.05) is 13.2 Å². The zero-order valence-corrected chi connectivity index (χ0v) is 21.3. The molecule has 3 aromatic rings. The van der Waals surface area contributed by atoms with E-state index in [-0.39, 0.29) is 17.9 Å². The number of carbonyl (C=O) groups is 1. The fourth-order valence-electron chi connectivity index (χ4n) is 3.85. The highest BCUT2D eigenvalue weighted by Gasteiger charge is 2.33. The number of hydrogen-bond donors (Lipinski definition) is 1. The van der Waals surface area contributed by atoms with E-state index in [4.69, 9.17) is 9.47 Å². The van der Waals surface area contributed by atoms with Gasteiger partial charge in [0.25, 0.3) is 5.56 Å². The first kappa shape index (κ1) is 24.0. The number of nitrogens with zero attached hydrogens (tertiary/aromatic N) is 2. The molecule has 0 unspecified atom stereocenters. The van der Waals surface area contributed by atoms with E-state index in [1.807, 2.05) is 37.3 Å². The maximum Gasteiger partial charge on any atom is 0.338 e. The van der Waals surface area contributed by atoms with Gasteiger partial charge in [0.2, 0.25) is 0 Å². The monoisotopic (exact) mass is 542 g/mol. The Morgan fingerprint density at radius 1 is 1.24 bits per heavy atom. The summed E-state index contributed by atoms with van der Waals surface area (Å²) in [5.74, 6) is -0.240. The van der Waals surface area contributed by atoms with Gasteiger partial charge in [-0.2, -0.15) is 0 Å². The van der Waals surface area contributed by atoms with Crippen LogP contribution in [0.3, 0.4) is 0 Å². The van der Waals surface area contributed by atoms with Crippen molar-refractivity contribution in [1.82, 2.24) is 4.57 Å². The summed E-state index contributed by atoms with van der Waals surface area (Å²) in [4.78, 5) is 31.5. The molecule has 4 rings (SSSR count). The van der Waals surface area contributed by atoms with Gasteiger partial charge in [-0.3, -0.25) is 9.36 Å². The molecule has 1 aliphatic rings. The van der Waals surface area contributed by atoms with Gasteiger partial charge < -0.3 is 14.6 Å². The number of halogens is 1. The van der Waals surface area contributed by atoms with E-state index < -0.39 is 12.0 Å². The van der Waals surface area contributed by atoms with Gasteiger partial charge in [0.15, 0.2) is 16.3 Å². The Balaban J connectivity index is 1.95. The number of hydrogen-bond acceptors (Lipinski definition) is 7. The summed E-state index contributed by atoms with van der Waals surface area (Å²) < 4.78 is 13.4. The Morgan fingerprint density at radius 3 is 2.65 bits per heavy atom. The second kappa shape index (κ2) is 9.99. The summed E-state index contributed by atoms with van der Waals surface area (Å²) in [5.41, 5.74) is 1.72. The van der Waals surface area contributed by atoms with Crippen LogP contribution >= 0.6 is 27.3 Å². The fourth-order valence-corrected chi connectivity index (χ4v) is 5.35. The normalized spacial score (nSPS) is 15.6. The summed E-state index contributed by atoms with van der Waals surface area (Å²) in [5, 5.41) is 10.7. The molecule has 0 saturated heterocycles. The molecule has 1 N–H and O–H groups in total. The van der Waals surface area contributed by atoms with Gasteiger partial charge in [0.05, 0.1) is 35.1 Å². The number of rotatable bonds is 6. The van der Waals surface area contributed by atoms with Crippen molar-refractivity contribution in [3.8, 4) is 11.5 Å². The lowest BCUT2D eigenvalue weighted by Gasteiger charge is -2.24. The van der Waals surface area contributed by atoms with E-state index in [0.29, 0.717) is 43.0 Å². The topological polar surface area (TPSA) is 90.1 Å². The molecular weight excluding hydrogens is 520 g/mol. The first-order valence-corrected chi connectivity index (χ1v) is 12.4. The molecule has 1 aromatic heterocycles. The molecule has 2 aromatic carbocycles. The van der Waals surface area contributed by atoms with Crippen LogP contribution in [0.1, 0.15) is 37.9 Å². The lowest BCUT2D eigenvalue weighted by Crippen LogP contribution is -2.39. The second-order valence-electron chi connectivity index (χ2n) is 7.49. The van der Waals surface area contributed by atoms with Crippen LogP contribution in [-0.2, 0) is 9.53 Å². The molecule has 0 fully saturated rings. The molecular formula is C25H23BrN2O5S. The largest absolute Gasteiger partial charge is 0.504 e. The molecule has 0 spiro atoms. The highest BCUT2D eigenvalue weighted by Crippen LogP contribution is 2.34. The molecule has 2 heterocycles. The number of aromatic hydroxyl groups is 1.